The summed E-state index contributed by atoms with van der Waals surface area (Å²) in [5, 5.41) is 9.54. The molecule has 0 bridgehead atoms. The zero-order valence-corrected chi connectivity index (χ0v) is 18.5. The molecule has 8 heteroatoms. The molecule has 0 aliphatic rings. The molecule has 0 unspecified atom stereocenters. The second-order valence-corrected chi connectivity index (χ2v) is 9.02. The SMILES string of the molecule is Cc1ccc(-n2c(Nc3ccc(Cl)cc3)nn3c(=O)c4sc5ccccc5c4nc23)cc1. The van der Waals surface area contributed by atoms with Crippen LogP contribution in [0.1, 0.15) is 5.56 Å². The van der Waals surface area contributed by atoms with Crippen molar-refractivity contribution in [3.05, 3.63) is 93.7 Å². The van der Waals surface area contributed by atoms with E-state index in [4.69, 9.17) is 16.6 Å². The maximum atomic E-state index is 13.4. The molecule has 1 N–H and O–H groups in total. The van der Waals surface area contributed by atoms with Crippen LogP contribution in [0.25, 0.3) is 31.8 Å². The molecule has 0 spiro atoms. The van der Waals surface area contributed by atoms with E-state index in [1.807, 2.05) is 72.2 Å². The predicted molar refractivity (Wildman–Crippen MR) is 131 cm³/mol. The molecule has 6 rings (SSSR count). The third-order valence-corrected chi connectivity index (χ3v) is 6.76. The van der Waals surface area contributed by atoms with Crippen molar-refractivity contribution in [3.63, 3.8) is 0 Å². The van der Waals surface area contributed by atoms with Crippen molar-refractivity contribution in [2.45, 2.75) is 6.92 Å². The van der Waals surface area contributed by atoms with Crippen molar-refractivity contribution in [1.82, 2.24) is 19.2 Å². The van der Waals surface area contributed by atoms with Crippen LogP contribution in [0.4, 0.5) is 11.6 Å². The van der Waals surface area contributed by atoms with Crippen LogP contribution in [0.2, 0.25) is 5.02 Å². The highest BCUT2D eigenvalue weighted by atomic mass is 35.5. The van der Waals surface area contributed by atoms with Crippen LogP contribution in [-0.4, -0.2) is 19.2 Å². The van der Waals surface area contributed by atoms with Crippen molar-refractivity contribution in [2.24, 2.45) is 0 Å². The van der Waals surface area contributed by atoms with Crippen molar-refractivity contribution in [2.75, 3.05) is 5.32 Å². The summed E-state index contributed by atoms with van der Waals surface area (Å²) in [6.45, 7) is 2.03. The molecular formula is C24H16ClN5OS. The van der Waals surface area contributed by atoms with Gasteiger partial charge in [-0.05, 0) is 49.4 Å². The Kier molecular flexibility index (Phi) is 4.28. The average Bonchev–Trinajstić information content (AvgIpc) is 3.35. The van der Waals surface area contributed by atoms with E-state index in [0.29, 0.717) is 27.0 Å². The Hall–Kier alpha value is -3.68. The van der Waals surface area contributed by atoms with E-state index in [0.717, 1.165) is 27.0 Å². The molecule has 0 amide bonds. The number of thiophene rings is 1. The molecule has 3 aromatic carbocycles. The second-order valence-electron chi connectivity index (χ2n) is 7.53. The van der Waals surface area contributed by atoms with Gasteiger partial charge in [0.2, 0.25) is 11.7 Å². The Morgan fingerprint density at radius 2 is 1.72 bits per heavy atom. The summed E-state index contributed by atoms with van der Waals surface area (Å²) in [7, 11) is 0. The van der Waals surface area contributed by atoms with Gasteiger partial charge in [0.1, 0.15) is 4.70 Å². The Morgan fingerprint density at radius 1 is 0.969 bits per heavy atom. The van der Waals surface area contributed by atoms with Crippen molar-refractivity contribution >= 4 is 60.7 Å². The summed E-state index contributed by atoms with van der Waals surface area (Å²) >= 11 is 7.48. The first-order chi connectivity index (χ1) is 15.6. The van der Waals surface area contributed by atoms with E-state index in [1.54, 1.807) is 12.1 Å². The Bertz CT molecular complexity index is 1680. The van der Waals surface area contributed by atoms with E-state index >= 15 is 0 Å². The number of anilines is 2. The van der Waals surface area contributed by atoms with Gasteiger partial charge in [0.05, 0.1) is 11.2 Å². The number of hydrogen-bond acceptors (Lipinski definition) is 5. The largest absolute Gasteiger partial charge is 0.324 e. The number of halogens is 1. The zero-order valence-electron chi connectivity index (χ0n) is 16.9. The fourth-order valence-electron chi connectivity index (χ4n) is 3.77. The van der Waals surface area contributed by atoms with Gasteiger partial charge >= 0.3 is 0 Å². The van der Waals surface area contributed by atoms with Crippen LogP contribution >= 0.6 is 22.9 Å². The minimum absolute atomic E-state index is 0.184. The zero-order chi connectivity index (χ0) is 21.8. The number of hydrogen-bond donors (Lipinski definition) is 1. The normalized spacial score (nSPS) is 11.6. The first-order valence-corrected chi connectivity index (χ1v) is 11.2. The first-order valence-electron chi connectivity index (χ1n) is 10.0. The molecule has 0 fully saturated rings. The molecule has 6 nitrogen and oxygen atoms in total. The van der Waals surface area contributed by atoms with E-state index < -0.39 is 0 Å². The predicted octanol–water partition coefficient (Wildman–Crippen LogP) is 5.95. The molecule has 0 radical (unpaired) electrons. The van der Waals surface area contributed by atoms with Crippen LogP contribution in [0.5, 0.6) is 0 Å². The molecular weight excluding hydrogens is 442 g/mol. The number of aryl methyl sites for hydroxylation is 1. The van der Waals surface area contributed by atoms with Crippen LogP contribution in [0, 0.1) is 6.92 Å². The standard InChI is InChI=1S/C24H16ClN5OS/c1-14-6-12-17(13-7-14)29-23(26-16-10-8-15(25)9-11-16)28-30-22(31)21-20(27-24(29)30)18-4-2-3-5-19(18)32-21/h2-13H,1H3,(H,26,28). The van der Waals surface area contributed by atoms with Gasteiger partial charge in [-0.1, -0.05) is 47.5 Å². The molecule has 3 heterocycles. The molecule has 6 aromatic rings. The maximum Gasteiger partial charge on any atom is 0.293 e. The highest BCUT2D eigenvalue weighted by Crippen LogP contribution is 2.31. The topological polar surface area (TPSA) is 64.2 Å². The molecule has 0 atom stereocenters. The molecule has 0 aliphatic carbocycles. The van der Waals surface area contributed by atoms with E-state index in [9.17, 15) is 4.79 Å². The minimum Gasteiger partial charge on any atom is -0.324 e. The highest BCUT2D eigenvalue weighted by Gasteiger charge is 2.20. The smallest absolute Gasteiger partial charge is 0.293 e. The summed E-state index contributed by atoms with van der Waals surface area (Å²) in [5.74, 6) is 0.939. The monoisotopic (exact) mass is 457 g/mol. The van der Waals surface area contributed by atoms with Crippen LogP contribution in [-0.2, 0) is 0 Å². The summed E-state index contributed by atoms with van der Waals surface area (Å²) in [4.78, 5) is 18.3. The second kappa shape index (κ2) is 7.19. The lowest BCUT2D eigenvalue weighted by molar-refractivity contribution is 0.920. The minimum atomic E-state index is -0.184. The fraction of sp³-hybridized carbons (Fsp3) is 0.0417. The van der Waals surface area contributed by atoms with Crippen molar-refractivity contribution in [1.29, 1.82) is 0 Å². The molecule has 156 valence electrons. The Balaban J connectivity index is 1.67. The fourth-order valence-corrected chi connectivity index (χ4v) is 4.96. The van der Waals surface area contributed by atoms with Crippen LogP contribution in [0.15, 0.2) is 77.6 Å². The molecule has 32 heavy (non-hydrogen) atoms. The number of aromatic nitrogens is 4. The van der Waals surface area contributed by atoms with Crippen molar-refractivity contribution in [3.8, 4) is 5.69 Å². The van der Waals surface area contributed by atoms with Gasteiger partial charge in [0.15, 0.2) is 0 Å². The molecule has 0 aliphatic heterocycles. The third kappa shape index (κ3) is 2.97. The van der Waals surface area contributed by atoms with E-state index in [2.05, 4.69) is 10.4 Å². The number of rotatable bonds is 3. The molecule has 3 aromatic heterocycles. The summed E-state index contributed by atoms with van der Waals surface area (Å²) in [6.07, 6.45) is 0. The lowest BCUT2D eigenvalue weighted by Crippen LogP contribution is -2.15. The lowest BCUT2D eigenvalue weighted by atomic mass is 10.2. The van der Waals surface area contributed by atoms with Gasteiger partial charge in [-0.25, -0.2) is 9.55 Å². The van der Waals surface area contributed by atoms with E-state index in [-0.39, 0.29) is 5.56 Å². The molecule has 0 saturated carbocycles. The van der Waals surface area contributed by atoms with Gasteiger partial charge in [-0.15, -0.1) is 16.4 Å². The van der Waals surface area contributed by atoms with E-state index in [1.165, 1.54) is 15.9 Å². The van der Waals surface area contributed by atoms with Gasteiger partial charge in [-0.3, -0.25) is 4.79 Å². The van der Waals surface area contributed by atoms with Gasteiger partial charge in [0, 0.05) is 20.8 Å². The van der Waals surface area contributed by atoms with Crippen LogP contribution in [0.3, 0.4) is 0 Å². The van der Waals surface area contributed by atoms with Gasteiger partial charge < -0.3 is 5.32 Å². The Labute approximate surface area is 191 Å². The summed E-state index contributed by atoms with van der Waals surface area (Å²) in [6, 6.07) is 23.3. The number of nitrogens with zero attached hydrogens (tertiary/aromatic N) is 4. The summed E-state index contributed by atoms with van der Waals surface area (Å²) < 4.78 is 4.86. The highest BCUT2D eigenvalue weighted by molar-refractivity contribution is 7.25. The average molecular weight is 458 g/mol. The Morgan fingerprint density at radius 3 is 2.50 bits per heavy atom. The maximum absolute atomic E-state index is 13.4. The third-order valence-electron chi connectivity index (χ3n) is 5.36. The quantitative estimate of drug-likeness (QED) is 0.356. The molecule has 0 saturated heterocycles. The number of nitrogens with one attached hydrogen (secondary N) is 1. The van der Waals surface area contributed by atoms with Crippen molar-refractivity contribution < 1.29 is 0 Å². The number of benzene rings is 3. The number of fused-ring (bicyclic) bond motifs is 4. The van der Waals surface area contributed by atoms with Gasteiger partial charge in [0.25, 0.3) is 5.56 Å². The first kappa shape index (κ1) is 19.0. The van der Waals surface area contributed by atoms with Crippen LogP contribution < -0.4 is 10.9 Å². The lowest BCUT2D eigenvalue weighted by Gasteiger charge is -2.10. The summed E-state index contributed by atoms with van der Waals surface area (Å²) in [5.41, 5.74) is 3.31. The van der Waals surface area contributed by atoms with Gasteiger partial charge in [-0.2, -0.15) is 4.52 Å².